The van der Waals surface area contributed by atoms with Crippen LogP contribution in [0.5, 0.6) is 0 Å². The van der Waals surface area contributed by atoms with E-state index in [1.54, 1.807) is 6.92 Å². The van der Waals surface area contributed by atoms with Gasteiger partial charge in [0, 0.05) is 11.0 Å². The third-order valence-corrected chi connectivity index (χ3v) is 6.80. The molecule has 3 N–H and O–H groups in total. The molecule has 5 rings (SSSR count). The molecule has 1 amide bonds. The Morgan fingerprint density at radius 3 is 2.59 bits per heavy atom. The largest absolute Gasteiger partial charge is 0.349 e. The Bertz CT molecular complexity index is 1130. The second-order valence-electron chi connectivity index (χ2n) is 8.76. The van der Waals surface area contributed by atoms with Crippen LogP contribution in [0.2, 0.25) is 0 Å². The number of tetrazole rings is 1. The van der Waals surface area contributed by atoms with E-state index in [0.29, 0.717) is 11.4 Å². The van der Waals surface area contributed by atoms with Crippen molar-refractivity contribution in [2.75, 3.05) is 13.1 Å². The molecule has 1 atom stereocenters. The first-order valence-corrected chi connectivity index (χ1v) is 11.0. The molecule has 1 fully saturated rings. The number of aromatic nitrogens is 4. The highest BCUT2D eigenvalue weighted by Gasteiger charge is 2.46. The lowest BCUT2D eigenvalue weighted by Gasteiger charge is -2.36. The lowest BCUT2D eigenvalue weighted by atomic mass is 9.72. The van der Waals surface area contributed by atoms with Gasteiger partial charge in [0.05, 0.1) is 12.5 Å². The fourth-order valence-electron chi connectivity index (χ4n) is 5.31. The van der Waals surface area contributed by atoms with E-state index in [2.05, 4.69) is 49.5 Å². The van der Waals surface area contributed by atoms with Crippen molar-refractivity contribution in [3.8, 4) is 11.1 Å². The van der Waals surface area contributed by atoms with Crippen molar-refractivity contribution < 1.29 is 9.59 Å². The number of amides is 1. The zero-order chi connectivity index (χ0) is 22.1. The van der Waals surface area contributed by atoms with Gasteiger partial charge in [-0.1, -0.05) is 47.7 Å². The van der Waals surface area contributed by atoms with Gasteiger partial charge in [0.2, 0.25) is 5.91 Å². The SMILES string of the molecule is CC(=O)c1ccc(-c2cccc3c2C2(CCNCC2)CC3NC(=O)Cc2nn[nH]n2)cc1. The Kier molecular flexibility index (Phi) is 5.30. The number of carbonyl (C=O) groups excluding carboxylic acids is 2. The molecule has 0 saturated carbocycles. The van der Waals surface area contributed by atoms with Crippen LogP contribution >= 0.6 is 0 Å². The number of piperidine rings is 1. The maximum absolute atomic E-state index is 12.7. The van der Waals surface area contributed by atoms with Crippen molar-refractivity contribution in [2.24, 2.45) is 0 Å². The van der Waals surface area contributed by atoms with Crippen LogP contribution in [-0.4, -0.2) is 45.4 Å². The summed E-state index contributed by atoms with van der Waals surface area (Å²) in [7, 11) is 0. The molecular weight excluding hydrogens is 404 g/mol. The van der Waals surface area contributed by atoms with Gasteiger partial charge in [-0.05, 0) is 61.5 Å². The number of rotatable bonds is 5. The molecular formula is C24H26N6O2. The number of nitrogens with one attached hydrogen (secondary N) is 3. The molecule has 8 heteroatoms. The van der Waals surface area contributed by atoms with E-state index in [0.717, 1.165) is 37.9 Å². The second kappa shape index (κ2) is 8.27. The van der Waals surface area contributed by atoms with Gasteiger partial charge in [0.25, 0.3) is 0 Å². The van der Waals surface area contributed by atoms with Crippen LogP contribution in [-0.2, 0) is 16.6 Å². The fourth-order valence-corrected chi connectivity index (χ4v) is 5.31. The number of H-pyrrole nitrogens is 1. The summed E-state index contributed by atoms with van der Waals surface area (Å²) in [6.45, 7) is 3.50. The van der Waals surface area contributed by atoms with Crippen LogP contribution in [0.15, 0.2) is 42.5 Å². The second-order valence-corrected chi connectivity index (χ2v) is 8.76. The summed E-state index contributed by atoms with van der Waals surface area (Å²) in [4.78, 5) is 24.4. The monoisotopic (exact) mass is 430 g/mol. The van der Waals surface area contributed by atoms with Gasteiger partial charge < -0.3 is 10.6 Å². The minimum Gasteiger partial charge on any atom is -0.349 e. The van der Waals surface area contributed by atoms with Gasteiger partial charge in [0.1, 0.15) is 0 Å². The van der Waals surface area contributed by atoms with E-state index >= 15 is 0 Å². The number of nitrogens with zero attached hydrogens (tertiary/aromatic N) is 3. The molecule has 164 valence electrons. The van der Waals surface area contributed by atoms with Crippen molar-refractivity contribution in [1.29, 1.82) is 0 Å². The Hall–Kier alpha value is -3.39. The highest BCUT2D eigenvalue weighted by molar-refractivity contribution is 5.94. The maximum Gasteiger partial charge on any atom is 0.228 e. The summed E-state index contributed by atoms with van der Waals surface area (Å²) >= 11 is 0. The summed E-state index contributed by atoms with van der Waals surface area (Å²) in [5.41, 5.74) is 5.53. The molecule has 0 bridgehead atoms. The number of aromatic amines is 1. The predicted octanol–water partition coefficient (Wildman–Crippen LogP) is 2.49. The number of hydrogen-bond acceptors (Lipinski definition) is 6. The van der Waals surface area contributed by atoms with E-state index < -0.39 is 0 Å². The fraction of sp³-hybridized carbons (Fsp3) is 0.375. The van der Waals surface area contributed by atoms with E-state index in [-0.39, 0.29) is 29.6 Å². The molecule has 1 spiro atoms. The van der Waals surface area contributed by atoms with Gasteiger partial charge in [-0.2, -0.15) is 5.21 Å². The van der Waals surface area contributed by atoms with Gasteiger partial charge in [-0.3, -0.25) is 9.59 Å². The number of fused-ring (bicyclic) bond motifs is 2. The number of Topliss-reactive ketones (excluding diaryl/α,β-unsaturated/α-hetero) is 1. The first-order valence-electron chi connectivity index (χ1n) is 11.0. The molecule has 1 aliphatic heterocycles. The van der Waals surface area contributed by atoms with Crippen molar-refractivity contribution in [2.45, 2.75) is 44.1 Å². The van der Waals surface area contributed by atoms with Crippen molar-refractivity contribution in [3.63, 3.8) is 0 Å². The zero-order valence-corrected chi connectivity index (χ0v) is 18.0. The summed E-state index contributed by atoms with van der Waals surface area (Å²) < 4.78 is 0. The Morgan fingerprint density at radius 2 is 1.91 bits per heavy atom. The lowest BCUT2D eigenvalue weighted by Crippen LogP contribution is -2.39. The van der Waals surface area contributed by atoms with Gasteiger partial charge >= 0.3 is 0 Å². The molecule has 8 nitrogen and oxygen atoms in total. The molecule has 1 aromatic heterocycles. The van der Waals surface area contributed by atoms with E-state index in [1.165, 1.54) is 16.7 Å². The van der Waals surface area contributed by atoms with Crippen molar-refractivity contribution in [1.82, 2.24) is 31.3 Å². The molecule has 2 aromatic carbocycles. The van der Waals surface area contributed by atoms with Crippen LogP contribution in [0, 0.1) is 0 Å². The molecule has 2 aliphatic rings. The van der Waals surface area contributed by atoms with E-state index in [9.17, 15) is 9.59 Å². The smallest absolute Gasteiger partial charge is 0.228 e. The van der Waals surface area contributed by atoms with Crippen LogP contribution < -0.4 is 10.6 Å². The average molecular weight is 431 g/mol. The quantitative estimate of drug-likeness (QED) is 0.536. The van der Waals surface area contributed by atoms with Crippen LogP contribution in [0.25, 0.3) is 11.1 Å². The molecule has 0 radical (unpaired) electrons. The Balaban J connectivity index is 1.51. The zero-order valence-electron chi connectivity index (χ0n) is 18.0. The summed E-state index contributed by atoms with van der Waals surface area (Å²) in [5, 5.41) is 20.4. The number of carbonyl (C=O) groups is 2. The first kappa shape index (κ1) is 20.5. The van der Waals surface area contributed by atoms with Crippen LogP contribution in [0.4, 0.5) is 0 Å². The lowest BCUT2D eigenvalue weighted by molar-refractivity contribution is -0.121. The Labute approximate surface area is 186 Å². The van der Waals surface area contributed by atoms with Crippen LogP contribution in [0.3, 0.4) is 0 Å². The number of hydrogen-bond donors (Lipinski definition) is 3. The summed E-state index contributed by atoms with van der Waals surface area (Å²) in [6.07, 6.45) is 3.03. The minimum atomic E-state index is -0.107. The third kappa shape index (κ3) is 3.71. The van der Waals surface area contributed by atoms with Crippen molar-refractivity contribution >= 4 is 11.7 Å². The van der Waals surface area contributed by atoms with Gasteiger partial charge in [-0.15, -0.1) is 10.2 Å². The summed E-state index contributed by atoms with van der Waals surface area (Å²) in [6, 6.07) is 14.2. The molecule has 3 aromatic rings. The predicted molar refractivity (Wildman–Crippen MR) is 119 cm³/mol. The van der Waals surface area contributed by atoms with Gasteiger partial charge in [0.15, 0.2) is 11.6 Å². The average Bonchev–Trinajstić information content (AvgIpc) is 3.41. The molecule has 1 aliphatic carbocycles. The van der Waals surface area contributed by atoms with Crippen LogP contribution in [0.1, 0.15) is 59.5 Å². The highest BCUT2D eigenvalue weighted by Crippen LogP contribution is 2.53. The highest BCUT2D eigenvalue weighted by atomic mass is 16.1. The minimum absolute atomic E-state index is 0.0144. The maximum atomic E-state index is 12.7. The third-order valence-electron chi connectivity index (χ3n) is 6.80. The van der Waals surface area contributed by atoms with E-state index in [4.69, 9.17) is 0 Å². The summed E-state index contributed by atoms with van der Waals surface area (Å²) in [5.74, 6) is 0.343. The van der Waals surface area contributed by atoms with E-state index in [1.807, 2.05) is 24.3 Å². The number of ketones is 1. The molecule has 32 heavy (non-hydrogen) atoms. The topological polar surface area (TPSA) is 113 Å². The molecule has 1 unspecified atom stereocenters. The molecule has 1 saturated heterocycles. The normalized spacial score (nSPS) is 19.0. The molecule has 2 heterocycles. The standard InChI is InChI=1S/C24H26N6O2/c1-15(31)16-5-7-17(8-6-16)18-3-2-4-19-20(26-22(32)13-21-27-29-30-28-21)14-24(23(18)19)9-11-25-12-10-24/h2-8,20,25H,9-14H2,1H3,(H,26,32)(H,27,28,29,30). The van der Waals surface area contributed by atoms with Gasteiger partial charge in [-0.25, -0.2) is 0 Å². The Morgan fingerprint density at radius 1 is 1.12 bits per heavy atom. The van der Waals surface area contributed by atoms with Crippen molar-refractivity contribution in [3.05, 3.63) is 65.0 Å². The number of benzene rings is 2. The first-order chi connectivity index (χ1) is 15.6.